The van der Waals surface area contributed by atoms with Crippen molar-refractivity contribution in [3.05, 3.63) is 48.8 Å². The van der Waals surface area contributed by atoms with Crippen LogP contribution in [0.2, 0.25) is 0 Å². The molecule has 3 aromatic rings. The van der Waals surface area contributed by atoms with E-state index in [4.69, 9.17) is 5.73 Å². The molecule has 1 aromatic carbocycles. The average Bonchev–Trinajstić information content (AvgIpc) is 3.20. The predicted molar refractivity (Wildman–Crippen MR) is 148 cm³/mol. The van der Waals surface area contributed by atoms with Gasteiger partial charge in [0.2, 0.25) is 11.8 Å². The van der Waals surface area contributed by atoms with Gasteiger partial charge < -0.3 is 25.4 Å². The van der Waals surface area contributed by atoms with Gasteiger partial charge in [0.05, 0.1) is 11.1 Å². The van der Waals surface area contributed by atoms with E-state index in [9.17, 15) is 9.59 Å². The molecule has 9 nitrogen and oxygen atoms in total. The number of nitrogen functional groups attached to an aromatic ring is 1. The first-order valence-electron chi connectivity index (χ1n) is 12.8. The summed E-state index contributed by atoms with van der Waals surface area (Å²) < 4.78 is 2.07. The number of amides is 2. The van der Waals surface area contributed by atoms with Crippen molar-refractivity contribution in [2.75, 3.05) is 44.8 Å². The van der Waals surface area contributed by atoms with Crippen LogP contribution in [0, 0.1) is 5.92 Å². The summed E-state index contributed by atoms with van der Waals surface area (Å²) in [5, 5.41) is 3.67. The third-order valence-corrected chi connectivity index (χ3v) is 7.29. The van der Waals surface area contributed by atoms with Crippen LogP contribution in [-0.4, -0.2) is 69.9 Å². The van der Waals surface area contributed by atoms with Crippen LogP contribution in [0.1, 0.15) is 37.7 Å². The van der Waals surface area contributed by atoms with Gasteiger partial charge in [-0.3, -0.25) is 9.59 Å². The van der Waals surface area contributed by atoms with Crippen molar-refractivity contribution in [3.63, 3.8) is 0 Å². The first kappa shape index (κ1) is 26.3. The molecule has 0 saturated carbocycles. The second-order valence-corrected chi connectivity index (χ2v) is 10.1. The zero-order chi connectivity index (χ0) is 26.7. The van der Waals surface area contributed by atoms with Crippen molar-refractivity contribution in [1.29, 1.82) is 0 Å². The number of aromatic nitrogens is 3. The molecule has 0 bridgehead atoms. The molecule has 1 saturated heterocycles. The first-order chi connectivity index (χ1) is 17.7. The fourth-order valence-electron chi connectivity index (χ4n) is 5.23. The van der Waals surface area contributed by atoms with E-state index in [0.717, 1.165) is 53.7 Å². The lowest BCUT2D eigenvalue weighted by atomic mass is 9.85. The number of hydrogen-bond acceptors (Lipinski definition) is 6. The number of likely N-dealkylation sites (tertiary alicyclic amines) is 1. The minimum Gasteiger partial charge on any atom is -0.383 e. The lowest BCUT2D eigenvalue weighted by molar-refractivity contribution is -0.136. The quantitative estimate of drug-likeness (QED) is 0.454. The summed E-state index contributed by atoms with van der Waals surface area (Å²) in [5.41, 5.74) is 11.1. The van der Waals surface area contributed by atoms with E-state index in [0.29, 0.717) is 24.6 Å². The Balaban J connectivity index is 1.63. The summed E-state index contributed by atoms with van der Waals surface area (Å²) in [6.07, 6.45) is 5.30. The van der Waals surface area contributed by atoms with Crippen molar-refractivity contribution >= 4 is 34.4 Å². The summed E-state index contributed by atoms with van der Waals surface area (Å²) in [5.74, 6) is 0.675. The van der Waals surface area contributed by atoms with E-state index in [1.165, 1.54) is 12.4 Å². The van der Waals surface area contributed by atoms with Crippen molar-refractivity contribution < 1.29 is 9.59 Å². The number of anilines is 2. The summed E-state index contributed by atoms with van der Waals surface area (Å²) in [7, 11) is 6.06. The fourth-order valence-corrected chi connectivity index (χ4v) is 5.23. The number of aryl methyl sites for hydroxylation is 1. The van der Waals surface area contributed by atoms with Crippen LogP contribution in [-0.2, 0) is 16.6 Å². The average molecular weight is 504 g/mol. The molecule has 37 heavy (non-hydrogen) atoms. The summed E-state index contributed by atoms with van der Waals surface area (Å²) >= 11 is 0. The summed E-state index contributed by atoms with van der Waals surface area (Å²) in [6.45, 7) is 7.86. The Morgan fingerprint density at radius 3 is 2.51 bits per heavy atom. The summed E-state index contributed by atoms with van der Waals surface area (Å²) in [4.78, 5) is 37.7. The molecule has 0 radical (unpaired) electrons. The van der Waals surface area contributed by atoms with Gasteiger partial charge in [0.25, 0.3) is 0 Å². The van der Waals surface area contributed by atoms with Crippen LogP contribution in [0.3, 0.4) is 0 Å². The number of carbonyl (C=O) groups is 2. The maximum absolute atomic E-state index is 13.1. The van der Waals surface area contributed by atoms with E-state index < -0.39 is 0 Å². The number of hydrogen-bond donors (Lipinski definition) is 2. The topological polar surface area (TPSA) is 109 Å². The molecule has 2 amide bonds. The van der Waals surface area contributed by atoms with Crippen LogP contribution >= 0.6 is 0 Å². The number of nitrogens with zero attached hydrogens (tertiary/aromatic N) is 5. The second-order valence-electron chi connectivity index (χ2n) is 10.1. The van der Waals surface area contributed by atoms with Gasteiger partial charge in [-0.25, -0.2) is 9.97 Å². The van der Waals surface area contributed by atoms with Crippen molar-refractivity contribution in [3.8, 4) is 11.3 Å². The fraction of sp³-hybridized carbons (Fsp3) is 0.429. The molecule has 1 atom stereocenters. The largest absolute Gasteiger partial charge is 0.383 e. The molecule has 9 heteroatoms. The molecular formula is C28H37N7O2. The highest BCUT2D eigenvalue weighted by Crippen LogP contribution is 2.43. The molecule has 0 aliphatic carbocycles. The highest BCUT2D eigenvalue weighted by molar-refractivity contribution is 5.99. The highest BCUT2D eigenvalue weighted by atomic mass is 16.2. The Bertz CT molecular complexity index is 1290. The van der Waals surface area contributed by atoms with Crippen LogP contribution in [0.15, 0.2) is 43.2 Å². The van der Waals surface area contributed by atoms with E-state index in [1.807, 2.05) is 57.2 Å². The SMILES string of the molecule is C=CC(=O)Nc1ccc(-c2c(C3CCN(C(=O)[C@@H](C)CCN(C)C)CC3)c3c(N)ncnc3n2C)cc1. The van der Waals surface area contributed by atoms with Gasteiger partial charge in [-0.2, -0.15) is 0 Å². The Labute approximate surface area is 218 Å². The number of piperidine rings is 1. The van der Waals surface area contributed by atoms with Crippen LogP contribution in [0.25, 0.3) is 22.3 Å². The standard InChI is InChI=1S/C28H37N7O2/c1-6-22(36)32-21-9-7-20(8-10-21)25-23(24-26(29)30-17-31-27(24)34(25)5)19-12-15-35(16-13-19)28(37)18(2)11-14-33(3)4/h6-10,17-19H,1,11-16H2,2-5H3,(H,32,36)(H2,29,30,31)/t18-/m0/s1. The molecular weight excluding hydrogens is 466 g/mol. The normalized spacial score (nSPS) is 15.2. The Kier molecular flexibility index (Phi) is 7.92. The van der Waals surface area contributed by atoms with E-state index in [1.54, 1.807) is 0 Å². The Hall–Kier alpha value is -3.72. The van der Waals surface area contributed by atoms with Gasteiger partial charge in [0.1, 0.15) is 17.8 Å². The first-order valence-corrected chi connectivity index (χ1v) is 12.8. The molecule has 2 aromatic heterocycles. The van der Waals surface area contributed by atoms with Crippen molar-refractivity contribution in [1.82, 2.24) is 24.3 Å². The number of fused-ring (bicyclic) bond motifs is 1. The molecule has 196 valence electrons. The Morgan fingerprint density at radius 1 is 1.22 bits per heavy atom. The number of rotatable bonds is 8. The lowest BCUT2D eigenvalue weighted by Crippen LogP contribution is -2.41. The van der Waals surface area contributed by atoms with Gasteiger partial charge in [0.15, 0.2) is 0 Å². The number of nitrogens with one attached hydrogen (secondary N) is 1. The minimum atomic E-state index is -0.251. The Morgan fingerprint density at radius 2 is 1.89 bits per heavy atom. The highest BCUT2D eigenvalue weighted by Gasteiger charge is 2.31. The van der Waals surface area contributed by atoms with Gasteiger partial charge in [-0.15, -0.1) is 0 Å². The molecule has 4 rings (SSSR count). The van der Waals surface area contributed by atoms with Crippen LogP contribution < -0.4 is 11.1 Å². The predicted octanol–water partition coefficient (Wildman–Crippen LogP) is 3.64. The molecule has 0 unspecified atom stereocenters. The maximum Gasteiger partial charge on any atom is 0.247 e. The molecule has 3 N–H and O–H groups in total. The van der Waals surface area contributed by atoms with Gasteiger partial charge in [-0.05, 0) is 75.2 Å². The maximum atomic E-state index is 13.1. The van der Waals surface area contributed by atoms with E-state index in [-0.39, 0.29) is 23.7 Å². The lowest BCUT2D eigenvalue weighted by Gasteiger charge is -2.34. The van der Waals surface area contributed by atoms with Crippen molar-refractivity contribution in [2.45, 2.75) is 32.1 Å². The number of nitrogens with two attached hydrogens (primary N) is 1. The number of benzene rings is 1. The van der Waals surface area contributed by atoms with Gasteiger partial charge >= 0.3 is 0 Å². The van der Waals surface area contributed by atoms with Gasteiger partial charge in [0, 0.05) is 31.7 Å². The smallest absolute Gasteiger partial charge is 0.247 e. The molecule has 1 aliphatic heterocycles. The van der Waals surface area contributed by atoms with Gasteiger partial charge in [-0.1, -0.05) is 25.6 Å². The zero-order valence-corrected chi connectivity index (χ0v) is 22.2. The van der Waals surface area contributed by atoms with Crippen LogP contribution in [0.4, 0.5) is 11.5 Å². The van der Waals surface area contributed by atoms with Crippen molar-refractivity contribution in [2.24, 2.45) is 13.0 Å². The molecule has 0 spiro atoms. The summed E-state index contributed by atoms with van der Waals surface area (Å²) in [6, 6.07) is 7.74. The molecule has 1 aliphatic rings. The third-order valence-electron chi connectivity index (χ3n) is 7.29. The second kappa shape index (κ2) is 11.1. The zero-order valence-electron chi connectivity index (χ0n) is 22.2. The number of carbonyl (C=O) groups excluding carboxylic acids is 2. The van der Waals surface area contributed by atoms with Crippen LogP contribution in [0.5, 0.6) is 0 Å². The monoisotopic (exact) mass is 503 g/mol. The molecule has 1 fully saturated rings. The molecule has 3 heterocycles. The van der Waals surface area contributed by atoms with E-state index >= 15 is 0 Å². The van der Waals surface area contributed by atoms with E-state index in [2.05, 4.69) is 31.3 Å². The minimum absolute atomic E-state index is 0.0104. The third kappa shape index (κ3) is 5.51.